The molecule has 1 N–H and O–H groups in total. The smallest absolute Gasteiger partial charge is 0.277 e. The van der Waals surface area contributed by atoms with Crippen LogP contribution in [0.25, 0.3) is 0 Å². The lowest BCUT2D eigenvalue weighted by Crippen LogP contribution is -2.58. The Labute approximate surface area is 121 Å². The van der Waals surface area contributed by atoms with Crippen LogP contribution in [-0.4, -0.2) is 34.3 Å². The van der Waals surface area contributed by atoms with Gasteiger partial charge in [-0.25, -0.2) is 9.78 Å². The molecule has 0 saturated carbocycles. The summed E-state index contributed by atoms with van der Waals surface area (Å²) in [4.78, 5) is 41.0. The number of aromatic nitrogens is 1. The van der Waals surface area contributed by atoms with E-state index < -0.39 is 23.8 Å². The van der Waals surface area contributed by atoms with Crippen molar-refractivity contribution in [2.45, 2.75) is 33.1 Å². The zero-order chi connectivity index (χ0) is 14.7. The van der Waals surface area contributed by atoms with Crippen molar-refractivity contribution in [1.29, 1.82) is 0 Å². The Kier molecular flexibility index (Phi) is 4.49. The fourth-order valence-electron chi connectivity index (χ4n) is 2.14. The topological polar surface area (TPSA) is 79.4 Å². The van der Waals surface area contributed by atoms with Gasteiger partial charge in [-0.05, 0) is 13.3 Å². The first-order valence-corrected chi connectivity index (χ1v) is 7.48. The van der Waals surface area contributed by atoms with E-state index in [1.54, 1.807) is 0 Å². The second kappa shape index (κ2) is 6.13. The standard InChI is InChI=1S/C13H17N3O3S/c1-3-4-9-11(17)15-13(19)16(12(9)18)6-5-10-14-8(2)7-20-10/h7,9H,3-6H2,1-2H3,(H,15,17,19). The van der Waals surface area contributed by atoms with Crippen molar-refractivity contribution in [1.82, 2.24) is 15.2 Å². The van der Waals surface area contributed by atoms with Crippen molar-refractivity contribution in [3.8, 4) is 0 Å². The molecular formula is C13H17N3O3S. The lowest BCUT2D eigenvalue weighted by atomic mass is 9.99. The first kappa shape index (κ1) is 14.6. The molecule has 0 spiro atoms. The number of aryl methyl sites for hydroxylation is 1. The van der Waals surface area contributed by atoms with Crippen LogP contribution < -0.4 is 5.32 Å². The number of nitrogens with one attached hydrogen (secondary N) is 1. The van der Waals surface area contributed by atoms with Crippen molar-refractivity contribution in [3.63, 3.8) is 0 Å². The van der Waals surface area contributed by atoms with Gasteiger partial charge >= 0.3 is 6.03 Å². The lowest BCUT2D eigenvalue weighted by Gasteiger charge is -2.29. The number of imide groups is 2. The molecule has 1 aliphatic heterocycles. The Balaban J connectivity index is 2.03. The molecule has 1 fully saturated rings. The Morgan fingerprint density at radius 2 is 2.15 bits per heavy atom. The number of amides is 4. The van der Waals surface area contributed by atoms with E-state index >= 15 is 0 Å². The summed E-state index contributed by atoms with van der Waals surface area (Å²) in [6.45, 7) is 4.06. The molecule has 1 saturated heterocycles. The summed E-state index contributed by atoms with van der Waals surface area (Å²) in [6, 6.07) is -0.624. The van der Waals surface area contributed by atoms with Gasteiger partial charge in [0.25, 0.3) is 0 Å². The van der Waals surface area contributed by atoms with Crippen molar-refractivity contribution >= 4 is 29.2 Å². The van der Waals surface area contributed by atoms with Gasteiger partial charge in [-0.2, -0.15) is 0 Å². The molecular weight excluding hydrogens is 278 g/mol. The molecule has 20 heavy (non-hydrogen) atoms. The van der Waals surface area contributed by atoms with Crippen LogP contribution >= 0.6 is 11.3 Å². The van der Waals surface area contributed by atoms with E-state index in [-0.39, 0.29) is 6.54 Å². The molecule has 2 heterocycles. The van der Waals surface area contributed by atoms with Crippen molar-refractivity contribution in [2.75, 3.05) is 6.54 Å². The number of hydrogen-bond acceptors (Lipinski definition) is 5. The van der Waals surface area contributed by atoms with Crippen LogP contribution in [0.15, 0.2) is 5.38 Å². The summed E-state index contributed by atoms with van der Waals surface area (Å²) in [5.41, 5.74) is 0.929. The third-order valence-electron chi connectivity index (χ3n) is 3.15. The second-order valence-electron chi connectivity index (χ2n) is 4.76. The number of thiazole rings is 1. The van der Waals surface area contributed by atoms with Gasteiger partial charge in [0.2, 0.25) is 11.8 Å². The normalized spacial score (nSPS) is 19.4. The summed E-state index contributed by atoms with van der Waals surface area (Å²) in [5, 5.41) is 5.06. The van der Waals surface area contributed by atoms with Crippen molar-refractivity contribution in [2.24, 2.45) is 5.92 Å². The monoisotopic (exact) mass is 295 g/mol. The summed E-state index contributed by atoms with van der Waals surface area (Å²) in [7, 11) is 0. The molecule has 0 aliphatic carbocycles. The SMILES string of the molecule is CCCC1C(=O)NC(=O)N(CCc2nc(C)cs2)C1=O. The third kappa shape index (κ3) is 3.04. The first-order valence-electron chi connectivity index (χ1n) is 6.60. The number of nitrogens with zero attached hydrogens (tertiary/aromatic N) is 2. The van der Waals surface area contributed by atoms with Crippen LogP contribution in [0.1, 0.15) is 30.5 Å². The molecule has 7 heteroatoms. The molecule has 4 amide bonds. The molecule has 2 rings (SSSR count). The summed E-state index contributed by atoms with van der Waals surface area (Å²) in [5.74, 6) is -1.62. The molecule has 1 aromatic rings. The van der Waals surface area contributed by atoms with Gasteiger partial charge < -0.3 is 0 Å². The maximum Gasteiger partial charge on any atom is 0.330 e. The average molecular weight is 295 g/mol. The molecule has 1 aromatic heterocycles. The number of rotatable bonds is 5. The highest BCUT2D eigenvalue weighted by molar-refractivity contribution is 7.09. The predicted molar refractivity (Wildman–Crippen MR) is 74.2 cm³/mol. The number of barbiturate groups is 1. The minimum absolute atomic E-state index is 0.255. The van der Waals surface area contributed by atoms with Crippen LogP contribution in [0, 0.1) is 12.8 Å². The lowest BCUT2D eigenvalue weighted by molar-refractivity contribution is -0.142. The molecule has 108 valence electrons. The van der Waals surface area contributed by atoms with Gasteiger partial charge in [0.05, 0.1) is 5.01 Å². The van der Waals surface area contributed by atoms with Gasteiger partial charge in [0.1, 0.15) is 5.92 Å². The Bertz CT molecular complexity index is 541. The minimum Gasteiger partial charge on any atom is -0.277 e. The summed E-state index contributed by atoms with van der Waals surface area (Å²) < 4.78 is 0. The molecule has 1 atom stereocenters. The quantitative estimate of drug-likeness (QED) is 0.835. The van der Waals surface area contributed by atoms with Gasteiger partial charge in [0, 0.05) is 24.0 Å². The molecule has 1 unspecified atom stereocenters. The third-order valence-corrected chi connectivity index (χ3v) is 4.18. The van der Waals surface area contributed by atoms with Crippen LogP contribution in [0.3, 0.4) is 0 Å². The number of carbonyl (C=O) groups excluding carboxylic acids is 3. The van der Waals surface area contributed by atoms with Crippen LogP contribution in [0.4, 0.5) is 4.79 Å². The largest absolute Gasteiger partial charge is 0.330 e. The van der Waals surface area contributed by atoms with Gasteiger partial charge in [-0.15, -0.1) is 11.3 Å². The van der Waals surface area contributed by atoms with Crippen molar-refractivity contribution in [3.05, 3.63) is 16.1 Å². The fourth-order valence-corrected chi connectivity index (χ4v) is 2.91. The zero-order valence-electron chi connectivity index (χ0n) is 11.5. The van der Waals surface area contributed by atoms with Crippen LogP contribution in [-0.2, 0) is 16.0 Å². The van der Waals surface area contributed by atoms with E-state index in [1.807, 2.05) is 19.2 Å². The highest BCUT2D eigenvalue weighted by atomic mass is 32.1. The maximum atomic E-state index is 12.2. The molecule has 6 nitrogen and oxygen atoms in total. The number of hydrogen-bond donors (Lipinski definition) is 1. The highest BCUT2D eigenvalue weighted by Crippen LogP contribution is 2.17. The van der Waals surface area contributed by atoms with Gasteiger partial charge in [0.15, 0.2) is 0 Å². The van der Waals surface area contributed by atoms with Gasteiger partial charge in [-0.1, -0.05) is 13.3 Å². The zero-order valence-corrected chi connectivity index (χ0v) is 12.3. The van der Waals surface area contributed by atoms with E-state index in [9.17, 15) is 14.4 Å². The summed E-state index contributed by atoms with van der Waals surface area (Å²) in [6.07, 6.45) is 1.70. The Morgan fingerprint density at radius 3 is 2.75 bits per heavy atom. The maximum absolute atomic E-state index is 12.2. The molecule has 0 radical (unpaired) electrons. The molecule has 1 aliphatic rings. The van der Waals surface area contributed by atoms with Crippen LogP contribution in [0.2, 0.25) is 0 Å². The predicted octanol–water partition coefficient (Wildman–Crippen LogP) is 1.49. The Hall–Kier alpha value is -1.76. The summed E-state index contributed by atoms with van der Waals surface area (Å²) >= 11 is 1.50. The number of urea groups is 1. The average Bonchev–Trinajstić information content (AvgIpc) is 2.80. The van der Waals surface area contributed by atoms with Gasteiger partial charge in [-0.3, -0.25) is 19.8 Å². The van der Waals surface area contributed by atoms with E-state index in [4.69, 9.17) is 0 Å². The number of carbonyl (C=O) groups is 3. The molecule has 0 aromatic carbocycles. The first-order chi connectivity index (χ1) is 9.52. The van der Waals surface area contributed by atoms with Crippen molar-refractivity contribution < 1.29 is 14.4 Å². The van der Waals surface area contributed by atoms with E-state index in [1.165, 1.54) is 11.3 Å². The highest BCUT2D eigenvalue weighted by Gasteiger charge is 2.39. The Morgan fingerprint density at radius 1 is 1.40 bits per heavy atom. The van der Waals surface area contributed by atoms with Crippen LogP contribution in [0.5, 0.6) is 0 Å². The second-order valence-corrected chi connectivity index (χ2v) is 5.70. The fraction of sp³-hybridized carbons (Fsp3) is 0.538. The van der Waals surface area contributed by atoms with E-state index in [0.717, 1.165) is 22.0 Å². The minimum atomic E-state index is -0.740. The molecule has 0 bridgehead atoms. The van der Waals surface area contributed by atoms with E-state index in [2.05, 4.69) is 10.3 Å². The van der Waals surface area contributed by atoms with E-state index in [0.29, 0.717) is 12.8 Å².